The average molecular weight is 223 g/mol. The van der Waals surface area contributed by atoms with E-state index in [4.69, 9.17) is 0 Å². The highest BCUT2D eigenvalue weighted by Crippen LogP contribution is 2.25. The summed E-state index contributed by atoms with van der Waals surface area (Å²) in [6.07, 6.45) is 3.28. The SMILES string of the molecule is Cl.c1cc2cc(C3CCNC3)ccc2[nH]1. The maximum atomic E-state index is 3.40. The van der Waals surface area contributed by atoms with Crippen LogP contribution in [-0.4, -0.2) is 18.1 Å². The largest absolute Gasteiger partial charge is 0.361 e. The van der Waals surface area contributed by atoms with Crippen LogP contribution in [0.3, 0.4) is 0 Å². The standard InChI is InChI=1S/C12H14N2.ClH/c1-2-12-10(4-6-14-12)7-9(1)11-3-5-13-8-11;/h1-2,4,6-7,11,13-14H,3,5,8H2;1H. The lowest BCUT2D eigenvalue weighted by Gasteiger charge is -2.08. The number of aromatic amines is 1. The van der Waals surface area contributed by atoms with Crippen LogP contribution in [0.25, 0.3) is 10.9 Å². The maximum absolute atomic E-state index is 3.40. The molecular weight excluding hydrogens is 208 g/mol. The van der Waals surface area contributed by atoms with Crippen LogP contribution >= 0.6 is 12.4 Å². The summed E-state index contributed by atoms with van der Waals surface area (Å²) in [4.78, 5) is 3.22. The number of aromatic nitrogens is 1. The van der Waals surface area contributed by atoms with Gasteiger partial charge in [-0.25, -0.2) is 0 Å². The molecule has 80 valence electrons. The van der Waals surface area contributed by atoms with E-state index in [0.717, 1.165) is 13.1 Å². The van der Waals surface area contributed by atoms with Crippen molar-refractivity contribution in [2.45, 2.75) is 12.3 Å². The van der Waals surface area contributed by atoms with Gasteiger partial charge in [0.15, 0.2) is 0 Å². The van der Waals surface area contributed by atoms with Crippen LogP contribution in [0.5, 0.6) is 0 Å². The minimum absolute atomic E-state index is 0. The van der Waals surface area contributed by atoms with Crippen LogP contribution in [0, 0.1) is 0 Å². The second-order valence-electron chi connectivity index (χ2n) is 4.01. The van der Waals surface area contributed by atoms with E-state index in [1.165, 1.54) is 22.9 Å². The van der Waals surface area contributed by atoms with Gasteiger partial charge in [0.1, 0.15) is 0 Å². The Bertz CT molecular complexity index is 444. The second kappa shape index (κ2) is 4.25. The fourth-order valence-electron chi connectivity index (χ4n) is 2.26. The molecule has 0 aliphatic carbocycles. The van der Waals surface area contributed by atoms with Gasteiger partial charge < -0.3 is 10.3 Å². The molecule has 1 atom stereocenters. The molecule has 2 nitrogen and oxygen atoms in total. The molecule has 0 bridgehead atoms. The Morgan fingerprint density at radius 1 is 1.20 bits per heavy atom. The fourth-order valence-corrected chi connectivity index (χ4v) is 2.26. The van der Waals surface area contributed by atoms with Crippen LogP contribution in [0.15, 0.2) is 30.5 Å². The van der Waals surface area contributed by atoms with Crippen molar-refractivity contribution in [1.82, 2.24) is 10.3 Å². The lowest BCUT2D eigenvalue weighted by Crippen LogP contribution is -2.07. The first-order valence-corrected chi connectivity index (χ1v) is 5.21. The number of hydrogen-bond donors (Lipinski definition) is 2. The van der Waals surface area contributed by atoms with Gasteiger partial charge in [-0.15, -0.1) is 12.4 Å². The summed E-state index contributed by atoms with van der Waals surface area (Å²) < 4.78 is 0. The Hall–Kier alpha value is -0.990. The van der Waals surface area contributed by atoms with Gasteiger partial charge in [-0.1, -0.05) is 6.07 Å². The molecule has 1 aromatic carbocycles. The Morgan fingerprint density at radius 3 is 2.93 bits per heavy atom. The Balaban J connectivity index is 0.000000853. The van der Waals surface area contributed by atoms with Crippen molar-refractivity contribution in [2.24, 2.45) is 0 Å². The molecule has 2 aromatic rings. The van der Waals surface area contributed by atoms with Crippen molar-refractivity contribution in [3.63, 3.8) is 0 Å². The molecule has 0 saturated carbocycles. The third kappa shape index (κ3) is 1.87. The quantitative estimate of drug-likeness (QED) is 0.763. The van der Waals surface area contributed by atoms with Gasteiger partial charge in [0, 0.05) is 18.3 Å². The zero-order valence-electron chi connectivity index (χ0n) is 8.49. The lowest BCUT2D eigenvalue weighted by molar-refractivity contribution is 0.765. The zero-order chi connectivity index (χ0) is 9.38. The van der Waals surface area contributed by atoms with E-state index in [1.54, 1.807) is 0 Å². The maximum Gasteiger partial charge on any atom is 0.0454 e. The summed E-state index contributed by atoms with van der Waals surface area (Å²) in [6.45, 7) is 2.30. The molecule has 0 spiro atoms. The number of nitrogens with one attached hydrogen (secondary N) is 2. The topological polar surface area (TPSA) is 27.8 Å². The van der Waals surface area contributed by atoms with Gasteiger partial charge in [0.05, 0.1) is 0 Å². The number of benzene rings is 1. The monoisotopic (exact) mass is 222 g/mol. The molecule has 2 N–H and O–H groups in total. The van der Waals surface area contributed by atoms with Gasteiger partial charge in [0.2, 0.25) is 0 Å². The van der Waals surface area contributed by atoms with Crippen LogP contribution in [0.2, 0.25) is 0 Å². The molecule has 1 aliphatic rings. The highest BCUT2D eigenvalue weighted by atomic mass is 35.5. The van der Waals surface area contributed by atoms with Crippen LogP contribution < -0.4 is 5.32 Å². The van der Waals surface area contributed by atoms with Gasteiger partial charge in [0.25, 0.3) is 0 Å². The van der Waals surface area contributed by atoms with Crippen LogP contribution in [0.1, 0.15) is 17.9 Å². The van der Waals surface area contributed by atoms with Gasteiger partial charge in [-0.2, -0.15) is 0 Å². The summed E-state index contributed by atoms with van der Waals surface area (Å²) in [5, 5.41) is 4.73. The van der Waals surface area contributed by atoms with Crippen molar-refractivity contribution in [3.8, 4) is 0 Å². The highest BCUT2D eigenvalue weighted by molar-refractivity contribution is 5.85. The highest BCUT2D eigenvalue weighted by Gasteiger charge is 2.16. The molecular formula is C12H15ClN2. The third-order valence-electron chi connectivity index (χ3n) is 3.11. The van der Waals surface area contributed by atoms with E-state index in [0.29, 0.717) is 5.92 Å². The van der Waals surface area contributed by atoms with Gasteiger partial charge in [-0.05, 0) is 48.0 Å². The number of H-pyrrole nitrogens is 1. The molecule has 3 heteroatoms. The van der Waals surface area contributed by atoms with Crippen molar-refractivity contribution in [1.29, 1.82) is 0 Å². The molecule has 15 heavy (non-hydrogen) atoms. The normalized spacial score (nSPS) is 20.4. The van der Waals surface area contributed by atoms with Crippen LogP contribution in [0.4, 0.5) is 0 Å². The molecule has 0 radical (unpaired) electrons. The van der Waals surface area contributed by atoms with E-state index in [-0.39, 0.29) is 12.4 Å². The smallest absolute Gasteiger partial charge is 0.0454 e. The Kier molecular flexibility index (Phi) is 2.98. The summed E-state index contributed by atoms with van der Waals surface area (Å²) in [6, 6.07) is 8.88. The van der Waals surface area contributed by atoms with Crippen molar-refractivity contribution >= 4 is 23.3 Å². The van der Waals surface area contributed by atoms with E-state index in [9.17, 15) is 0 Å². The molecule has 3 rings (SSSR count). The predicted octanol–water partition coefficient (Wildman–Crippen LogP) is 2.67. The molecule has 1 aromatic heterocycles. The second-order valence-corrected chi connectivity index (χ2v) is 4.01. The van der Waals surface area contributed by atoms with Gasteiger partial charge >= 0.3 is 0 Å². The van der Waals surface area contributed by atoms with Crippen molar-refractivity contribution in [3.05, 3.63) is 36.0 Å². The molecule has 1 saturated heterocycles. The molecule has 2 heterocycles. The summed E-state index contributed by atoms with van der Waals surface area (Å²) in [7, 11) is 0. The average Bonchev–Trinajstić information content (AvgIpc) is 2.88. The van der Waals surface area contributed by atoms with Crippen molar-refractivity contribution < 1.29 is 0 Å². The van der Waals surface area contributed by atoms with E-state index in [1.807, 2.05) is 6.20 Å². The minimum Gasteiger partial charge on any atom is -0.361 e. The van der Waals surface area contributed by atoms with E-state index in [2.05, 4.69) is 34.6 Å². The molecule has 1 fully saturated rings. The number of halogens is 1. The number of rotatable bonds is 1. The predicted molar refractivity (Wildman–Crippen MR) is 65.8 cm³/mol. The first-order valence-electron chi connectivity index (χ1n) is 5.21. The molecule has 1 aliphatic heterocycles. The molecule has 1 unspecified atom stereocenters. The summed E-state index contributed by atoms with van der Waals surface area (Å²) in [5.41, 5.74) is 2.71. The van der Waals surface area contributed by atoms with E-state index < -0.39 is 0 Å². The minimum atomic E-state index is 0. The summed E-state index contributed by atoms with van der Waals surface area (Å²) in [5.74, 6) is 0.717. The van der Waals surface area contributed by atoms with Crippen LogP contribution in [-0.2, 0) is 0 Å². The number of fused-ring (bicyclic) bond motifs is 1. The lowest BCUT2D eigenvalue weighted by atomic mass is 9.97. The molecule has 0 amide bonds. The first kappa shape index (κ1) is 10.5. The Morgan fingerprint density at radius 2 is 2.13 bits per heavy atom. The Labute approximate surface area is 95.5 Å². The van der Waals surface area contributed by atoms with E-state index >= 15 is 0 Å². The van der Waals surface area contributed by atoms with Crippen molar-refractivity contribution in [2.75, 3.05) is 13.1 Å². The number of hydrogen-bond acceptors (Lipinski definition) is 1. The first-order chi connectivity index (χ1) is 6.93. The third-order valence-corrected chi connectivity index (χ3v) is 3.11. The zero-order valence-corrected chi connectivity index (χ0v) is 9.31. The summed E-state index contributed by atoms with van der Waals surface area (Å²) >= 11 is 0. The van der Waals surface area contributed by atoms with Gasteiger partial charge in [-0.3, -0.25) is 0 Å². The fraction of sp³-hybridized carbons (Fsp3) is 0.333.